The lowest BCUT2D eigenvalue weighted by atomic mass is 10.0. The van der Waals surface area contributed by atoms with E-state index in [0.717, 1.165) is 42.7 Å². The third kappa shape index (κ3) is 4.36. The van der Waals surface area contributed by atoms with Crippen molar-refractivity contribution in [2.75, 3.05) is 6.54 Å². The van der Waals surface area contributed by atoms with Gasteiger partial charge < -0.3 is 9.84 Å². The van der Waals surface area contributed by atoms with Gasteiger partial charge in [-0.2, -0.15) is 0 Å². The lowest BCUT2D eigenvalue weighted by Gasteiger charge is -2.32. The summed E-state index contributed by atoms with van der Waals surface area (Å²) >= 11 is 0. The number of nitrogens with zero attached hydrogens (tertiary/aromatic N) is 1. The second-order valence-corrected chi connectivity index (χ2v) is 6.24. The zero-order valence-corrected chi connectivity index (χ0v) is 13.7. The van der Waals surface area contributed by atoms with E-state index in [1.54, 1.807) is 0 Å². The molecule has 0 aliphatic carbocycles. The molecule has 2 aromatic carbocycles. The van der Waals surface area contributed by atoms with Crippen LogP contribution in [0, 0.1) is 0 Å². The molecular weight excluding hydrogens is 302 g/mol. The number of carboxylic acid groups (broad SMARTS) is 1. The standard InChI is InChI=1S/C20H23NO3/c22-20(23)19-11-4-5-12-21(19)14-17-9-6-10-18(13-17)24-15-16-7-2-1-3-8-16/h1-3,6-10,13,19H,4-5,11-12,14-15H2,(H,22,23). The molecule has 1 fully saturated rings. The van der Waals surface area contributed by atoms with Crippen molar-refractivity contribution < 1.29 is 14.6 Å². The van der Waals surface area contributed by atoms with Crippen LogP contribution in [0.4, 0.5) is 0 Å². The monoisotopic (exact) mass is 325 g/mol. The summed E-state index contributed by atoms with van der Waals surface area (Å²) in [6.45, 7) is 2.03. The van der Waals surface area contributed by atoms with Gasteiger partial charge in [-0.1, -0.05) is 48.9 Å². The van der Waals surface area contributed by atoms with Crippen molar-refractivity contribution >= 4 is 5.97 Å². The Morgan fingerprint density at radius 3 is 2.67 bits per heavy atom. The number of aliphatic carboxylic acids is 1. The van der Waals surface area contributed by atoms with Crippen LogP contribution in [0.25, 0.3) is 0 Å². The fourth-order valence-electron chi connectivity index (χ4n) is 3.17. The summed E-state index contributed by atoms with van der Waals surface area (Å²) in [5, 5.41) is 9.39. The van der Waals surface area contributed by atoms with Crippen LogP contribution in [0.5, 0.6) is 5.75 Å². The summed E-state index contributed by atoms with van der Waals surface area (Å²) in [7, 11) is 0. The van der Waals surface area contributed by atoms with Crippen LogP contribution in [0.2, 0.25) is 0 Å². The maximum atomic E-state index is 11.4. The van der Waals surface area contributed by atoms with Crippen molar-refractivity contribution in [2.24, 2.45) is 0 Å². The van der Waals surface area contributed by atoms with Crippen molar-refractivity contribution in [3.8, 4) is 5.75 Å². The highest BCUT2D eigenvalue weighted by molar-refractivity contribution is 5.73. The Balaban J connectivity index is 1.63. The van der Waals surface area contributed by atoms with Gasteiger partial charge in [0.25, 0.3) is 0 Å². The van der Waals surface area contributed by atoms with Crippen LogP contribution in [0.15, 0.2) is 54.6 Å². The molecule has 2 aromatic rings. The van der Waals surface area contributed by atoms with E-state index in [1.807, 2.05) is 54.6 Å². The van der Waals surface area contributed by atoms with E-state index < -0.39 is 5.97 Å². The number of hydrogen-bond donors (Lipinski definition) is 1. The van der Waals surface area contributed by atoms with Crippen LogP contribution < -0.4 is 4.74 Å². The second kappa shape index (κ2) is 7.97. The molecule has 0 bridgehead atoms. The van der Waals surface area contributed by atoms with E-state index >= 15 is 0 Å². The molecule has 1 aliphatic rings. The quantitative estimate of drug-likeness (QED) is 0.880. The SMILES string of the molecule is O=C(O)C1CCCCN1Cc1cccc(OCc2ccccc2)c1. The highest BCUT2D eigenvalue weighted by atomic mass is 16.5. The fraction of sp³-hybridized carbons (Fsp3) is 0.350. The van der Waals surface area contributed by atoms with Gasteiger partial charge in [0.1, 0.15) is 18.4 Å². The largest absolute Gasteiger partial charge is 0.489 e. The molecule has 0 amide bonds. The Bertz CT molecular complexity index is 672. The molecule has 1 aliphatic heterocycles. The van der Waals surface area contributed by atoms with Gasteiger partial charge in [-0.3, -0.25) is 9.69 Å². The first-order valence-electron chi connectivity index (χ1n) is 8.45. The van der Waals surface area contributed by atoms with E-state index in [0.29, 0.717) is 13.2 Å². The van der Waals surface area contributed by atoms with Crippen molar-refractivity contribution in [3.63, 3.8) is 0 Å². The summed E-state index contributed by atoms with van der Waals surface area (Å²) in [5.41, 5.74) is 2.22. The topological polar surface area (TPSA) is 49.8 Å². The number of ether oxygens (including phenoxy) is 1. The van der Waals surface area contributed by atoms with Crippen molar-refractivity contribution in [1.82, 2.24) is 4.90 Å². The zero-order chi connectivity index (χ0) is 16.8. The van der Waals surface area contributed by atoms with Crippen molar-refractivity contribution in [2.45, 2.75) is 38.5 Å². The minimum atomic E-state index is -0.716. The number of carboxylic acids is 1. The summed E-state index contributed by atoms with van der Waals surface area (Å²) in [5.74, 6) is 0.103. The molecule has 24 heavy (non-hydrogen) atoms. The third-order valence-electron chi connectivity index (χ3n) is 4.43. The van der Waals surface area contributed by atoms with E-state index in [1.165, 1.54) is 0 Å². The second-order valence-electron chi connectivity index (χ2n) is 6.24. The third-order valence-corrected chi connectivity index (χ3v) is 4.43. The van der Waals surface area contributed by atoms with Gasteiger partial charge in [-0.15, -0.1) is 0 Å². The summed E-state index contributed by atoms with van der Waals surface area (Å²) in [6.07, 6.45) is 2.79. The molecule has 1 N–H and O–H groups in total. The molecule has 0 aromatic heterocycles. The summed E-state index contributed by atoms with van der Waals surface area (Å²) in [6, 6.07) is 17.6. The Hall–Kier alpha value is -2.33. The van der Waals surface area contributed by atoms with Gasteiger partial charge in [-0.25, -0.2) is 0 Å². The summed E-state index contributed by atoms with van der Waals surface area (Å²) in [4.78, 5) is 13.5. The maximum absolute atomic E-state index is 11.4. The van der Waals surface area contributed by atoms with Crippen LogP contribution in [0.3, 0.4) is 0 Å². The van der Waals surface area contributed by atoms with Gasteiger partial charge in [0.05, 0.1) is 0 Å². The lowest BCUT2D eigenvalue weighted by Crippen LogP contribution is -2.43. The Morgan fingerprint density at radius 1 is 1.08 bits per heavy atom. The van der Waals surface area contributed by atoms with Gasteiger partial charge in [-0.05, 0) is 42.6 Å². The number of carbonyl (C=O) groups is 1. The van der Waals surface area contributed by atoms with Crippen LogP contribution >= 0.6 is 0 Å². The molecule has 1 saturated heterocycles. The van der Waals surface area contributed by atoms with E-state index in [4.69, 9.17) is 4.74 Å². The van der Waals surface area contributed by atoms with Crippen LogP contribution in [-0.4, -0.2) is 28.6 Å². The number of benzene rings is 2. The first-order chi connectivity index (χ1) is 11.7. The normalized spacial score (nSPS) is 18.2. The van der Waals surface area contributed by atoms with Gasteiger partial charge >= 0.3 is 5.97 Å². The van der Waals surface area contributed by atoms with Crippen molar-refractivity contribution in [1.29, 1.82) is 0 Å². The van der Waals surface area contributed by atoms with E-state index in [9.17, 15) is 9.90 Å². The smallest absolute Gasteiger partial charge is 0.320 e. The Morgan fingerprint density at radius 2 is 1.88 bits per heavy atom. The number of hydrogen-bond acceptors (Lipinski definition) is 3. The maximum Gasteiger partial charge on any atom is 0.320 e. The number of rotatable bonds is 6. The highest BCUT2D eigenvalue weighted by Crippen LogP contribution is 2.22. The van der Waals surface area contributed by atoms with Gasteiger partial charge in [0.2, 0.25) is 0 Å². The predicted octanol–water partition coefficient (Wildman–Crippen LogP) is 3.70. The predicted molar refractivity (Wildman–Crippen MR) is 92.9 cm³/mol. The molecule has 4 nitrogen and oxygen atoms in total. The first-order valence-corrected chi connectivity index (χ1v) is 8.45. The fourth-order valence-corrected chi connectivity index (χ4v) is 3.17. The van der Waals surface area contributed by atoms with Crippen molar-refractivity contribution in [3.05, 3.63) is 65.7 Å². The number of likely N-dealkylation sites (tertiary alicyclic amines) is 1. The summed E-state index contributed by atoms with van der Waals surface area (Å²) < 4.78 is 5.86. The highest BCUT2D eigenvalue weighted by Gasteiger charge is 2.28. The first kappa shape index (κ1) is 16.5. The average molecular weight is 325 g/mol. The Labute approximate surface area is 142 Å². The average Bonchev–Trinajstić information content (AvgIpc) is 2.61. The van der Waals surface area contributed by atoms with Crippen LogP contribution in [0.1, 0.15) is 30.4 Å². The molecule has 1 heterocycles. The zero-order valence-electron chi connectivity index (χ0n) is 13.7. The van der Waals surface area contributed by atoms with E-state index in [2.05, 4.69) is 4.90 Å². The van der Waals surface area contributed by atoms with E-state index in [-0.39, 0.29) is 6.04 Å². The molecule has 1 atom stereocenters. The molecule has 0 radical (unpaired) electrons. The number of piperidine rings is 1. The molecule has 0 saturated carbocycles. The molecule has 0 spiro atoms. The molecule has 126 valence electrons. The molecule has 4 heteroatoms. The molecule has 1 unspecified atom stereocenters. The molecule has 3 rings (SSSR count). The molecular formula is C20H23NO3. The Kier molecular flexibility index (Phi) is 5.49. The lowest BCUT2D eigenvalue weighted by molar-refractivity contribution is -0.144. The minimum absolute atomic E-state index is 0.368. The minimum Gasteiger partial charge on any atom is -0.489 e. The van der Waals surface area contributed by atoms with Gasteiger partial charge in [0, 0.05) is 6.54 Å². The van der Waals surface area contributed by atoms with Gasteiger partial charge in [0.15, 0.2) is 0 Å². The van der Waals surface area contributed by atoms with Crippen LogP contribution in [-0.2, 0) is 17.9 Å².